The Morgan fingerprint density at radius 2 is 1.96 bits per heavy atom. The molecule has 0 aliphatic heterocycles. The number of benzene rings is 1. The lowest BCUT2D eigenvalue weighted by Crippen LogP contribution is -2.40. The zero-order valence-corrected chi connectivity index (χ0v) is 14.9. The molecule has 1 saturated carbocycles. The molecule has 23 heavy (non-hydrogen) atoms. The summed E-state index contributed by atoms with van der Waals surface area (Å²) in [6, 6.07) is 7.36. The van der Waals surface area contributed by atoms with Gasteiger partial charge in [-0.05, 0) is 24.5 Å². The van der Waals surface area contributed by atoms with Gasteiger partial charge in [-0.3, -0.25) is 4.79 Å². The van der Waals surface area contributed by atoms with E-state index in [1.807, 2.05) is 18.2 Å². The largest absolute Gasteiger partial charge is 0.352 e. The van der Waals surface area contributed by atoms with Crippen LogP contribution in [0.4, 0.5) is 0 Å². The quantitative estimate of drug-likeness (QED) is 0.814. The number of carbonyl (C=O) groups is 1. The maximum Gasteiger partial charge on any atom is 0.221 e. The van der Waals surface area contributed by atoms with Crippen LogP contribution in [0.15, 0.2) is 24.3 Å². The molecular formula is C16H23ClN2O3S. The van der Waals surface area contributed by atoms with E-state index in [0.717, 1.165) is 31.2 Å². The fraction of sp³-hybridized carbons (Fsp3) is 0.562. The van der Waals surface area contributed by atoms with Gasteiger partial charge in [-0.1, -0.05) is 42.6 Å². The third-order valence-electron chi connectivity index (χ3n) is 4.15. The summed E-state index contributed by atoms with van der Waals surface area (Å²) in [6.45, 7) is 0.582. The van der Waals surface area contributed by atoms with Crippen LogP contribution >= 0.6 is 11.6 Å². The first-order chi connectivity index (χ1) is 10.9. The highest BCUT2D eigenvalue weighted by Gasteiger charge is 2.29. The highest BCUT2D eigenvalue weighted by atomic mass is 35.5. The monoisotopic (exact) mass is 358 g/mol. The Morgan fingerprint density at radius 1 is 1.30 bits per heavy atom. The zero-order chi connectivity index (χ0) is 16.9. The molecule has 128 valence electrons. The number of hydrogen-bond acceptors (Lipinski definition) is 3. The fourth-order valence-corrected chi connectivity index (χ4v) is 4.32. The van der Waals surface area contributed by atoms with Crippen molar-refractivity contribution in [3.63, 3.8) is 0 Å². The van der Waals surface area contributed by atoms with Gasteiger partial charge in [0.2, 0.25) is 15.9 Å². The number of rotatable bonds is 7. The first kappa shape index (κ1) is 18.2. The molecule has 0 aromatic heterocycles. The third-order valence-corrected chi connectivity index (χ3v) is 5.85. The molecule has 0 heterocycles. The standard InChI is InChI=1S/C16H23ClN2O3S/c1-23(21,22)19(14-7-3-4-8-14)11-10-16(20)18-12-13-6-2-5-9-15(13)17/h2,5-6,9,14H,3-4,7-8,10-12H2,1H3,(H,18,20). The second-order valence-corrected chi connectivity index (χ2v) is 8.27. The van der Waals surface area contributed by atoms with E-state index in [2.05, 4.69) is 5.32 Å². The number of nitrogens with zero attached hydrogens (tertiary/aromatic N) is 1. The molecule has 0 spiro atoms. The Kier molecular flexibility index (Phi) is 6.44. The molecule has 0 unspecified atom stereocenters. The Morgan fingerprint density at radius 3 is 2.57 bits per heavy atom. The van der Waals surface area contributed by atoms with Gasteiger partial charge in [-0.2, -0.15) is 4.31 Å². The number of hydrogen-bond donors (Lipinski definition) is 1. The summed E-state index contributed by atoms with van der Waals surface area (Å²) in [5, 5.41) is 3.40. The van der Waals surface area contributed by atoms with Gasteiger partial charge in [0.05, 0.1) is 6.26 Å². The summed E-state index contributed by atoms with van der Waals surface area (Å²) in [4.78, 5) is 12.0. The number of halogens is 1. The SMILES string of the molecule is CS(=O)(=O)N(CCC(=O)NCc1ccccc1Cl)C1CCCC1. The molecule has 1 amide bonds. The summed E-state index contributed by atoms with van der Waals surface area (Å²) in [5.74, 6) is -0.170. The molecule has 0 atom stereocenters. The van der Waals surface area contributed by atoms with Crippen molar-refractivity contribution in [1.29, 1.82) is 0 Å². The lowest BCUT2D eigenvalue weighted by molar-refractivity contribution is -0.121. The topological polar surface area (TPSA) is 66.5 Å². The van der Waals surface area contributed by atoms with Crippen molar-refractivity contribution >= 4 is 27.5 Å². The van der Waals surface area contributed by atoms with Crippen LogP contribution in [0.1, 0.15) is 37.7 Å². The van der Waals surface area contributed by atoms with Crippen LogP contribution in [0.3, 0.4) is 0 Å². The van der Waals surface area contributed by atoms with Crippen LogP contribution < -0.4 is 5.32 Å². The van der Waals surface area contributed by atoms with Crippen molar-refractivity contribution in [1.82, 2.24) is 9.62 Å². The van der Waals surface area contributed by atoms with Gasteiger partial charge in [0.15, 0.2) is 0 Å². The number of amides is 1. The van der Waals surface area contributed by atoms with Gasteiger partial charge >= 0.3 is 0 Å². The van der Waals surface area contributed by atoms with E-state index >= 15 is 0 Å². The Labute approximate surface area is 143 Å². The van der Waals surface area contributed by atoms with E-state index in [4.69, 9.17) is 11.6 Å². The molecule has 1 fully saturated rings. The summed E-state index contributed by atoms with van der Waals surface area (Å²) in [5.41, 5.74) is 0.846. The van der Waals surface area contributed by atoms with E-state index in [0.29, 0.717) is 11.6 Å². The van der Waals surface area contributed by atoms with E-state index in [9.17, 15) is 13.2 Å². The van der Waals surface area contributed by atoms with Crippen molar-refractivity contribution in [3.05, 3.63) is 34.9 Å². The van der Waals surface area contributed by atoms with Crippen LogP contribution in [-0.4, -0.2) is 37.5 Å². The number of sulfonamides is 1. The molecule has 7 heteroatoms. The lowest BCUT2D eigenvalue weighted by atomic mass is 10.2. The van der Waals surface area contributed by atoms with E-state index in [1.54, 1.807) is 6.07 Å². The maximum atomic E-state index is 12.0. The summed E-state index contributed by atoms with van der Waals surface area (Å²) in [6.07, 6.45) is 5.24. The van der Waals surface area contributed by atoms with Crippen molar-refractivity contribution in [2.24, 2.45) is 0 Å². The van der Waals surface area contributed by atoms with Gasteiger partial charge in [-0.15, -0.1) is 0 Å². The molecular weight excluding hydrogens is 336 g/mol. The molecule has 1 aromatic rings. The van der Waals surface area contributed by atoms with Crippen LogP contribution in [0, 0.1) is 0 Å². The van der Waals surface area contributed by atoms with Crippen molar-refractivity contribution in [2.45, 2.75) is 44.7 Å². The molecule has 5 nitrogen and oxygen atoms in total. The van der Waals surface area contributed by atoms with Gasteiger partial charge in [0.25, 0.3) is 0 Å². The minimum absolute atomic E-state index is 0.0429. The predicted octanol–water partition coefficient (Wildman–Crippen LogP) is 2.55. The number of carbonyl (C=O) groups excluding carboxylic acids is 1. The van der Waals surface area contributed by atoms with Gasteiger partial charge in [0, 0.05) is 30.6 Å². The third kappa shape index (κ3) is 5.48. The van der Waals surface area contributed by atoms with Crippen molar-refractivity contribution < 1.29 is 13.2 Å². The number of nitrogens with one attached hydrogen (secondary N) is 1. The normalized spacial score (nSPS) is 16.0. The fourth-order valence-electron chi connectivity index (χ4n) is 2.95. The molecule has 0 bridgehead atoms. The van der Waals surface area contributed by atoms with Crippen LogP contribution in [0.5, 0.6) is 0 Å². The van der Waals surface area contributed by atoms with Crippen LogP contribution in [0.2, 0.25) is 5.02 Å². The highest BCUT2D eigenvalue weighted by Crippen LogP contribution is 2.25. The van der Waals surface area contributed by atoms with E-state index < -0.39 is 10.0 Å². The van der Waals surface area contributed by atoms with Crippen LogP contribution in [0.25, 0.3) is 0 Å². The van der Waals surface area contributed by atoms with Gasteiger partial charge in [0.1, 0.15) is 0 Å². The second kappa shape index (κ2) is 8.13. The molecule has 1 N–H and O–H groups in total. The minimum Gasteiger partial charge on any atom is -0.352 e. The molecule has 0 radical (unpaired) electrons. The predicted molar refractivity (Wildman–Crippen MR) is 91.7 cm³/mol. The van der Waals surface area contributed by atoms with Gasteiger partial charge in [-0.25, -0.2) is 8.42 Å². The molecule has 1 aromatic carbocycles. The smallest absolute Gasteiger partial charge is 0.221 e. The maximum absolute atomic E-state index is 12.0. The average Bonchev–Trinajstić information content (AvgIpc) is 2.99. The van der Waals surface area contributed by atoms with Crippen LogP contribution in [-0.2, 0) is 21.4 Å². The summed E-state index contributed by atoms with van der Waals surface area (Å²) in [7, 11) is -3.29. The molecule has 2 rings (SSSR count). The molecule has 0 saturated heterocycles. The summed E-state index contributed by atoms with van der Waals surface area (Å²) < 4.78 is 25.3. The first-order valence-corrected chi connectivity index (χ1v) is 10.1. The Hall–Kier alpha value is -1.11. The average molecular weight is 359 g/mol. The van der Waals surface area contributed by atoms with Crippen molar-refractivity contribution in [3.8, 4) is 0 Å². The summed E-state index contributed by atoms with van der Waals surface area (Å²) >= 11 is 6.04. The van der Waals surface area contributed by atoms with E-state index in [1.165, 1.54) is 10.6 Å². The van der Waals surface area contributed by atoms with E-state index in [-0.39, 0.29) is 24.9 Å². The lowest BCUT2D eigenvalue weighted by Gasteiger charge is -2.26. The minimum atomic E-state index is -3.29. The highest BCUT2D eigenvalue weighted by molar-refractivity contribution is 7.88. The molecule has 1 aliphatic rings. The van der Waals surface area contributed by atoms with Crippen molar-refractivity contribution in [2.75, 3.05) is 12.8 Å². The Balaban J connectivity index is 1.85. The van der Waals surface area contributed by atoms with Gasteiger partial charge < -0.3 is 5.32 Å². The first-order valence-electron chi connectivity index (χ1n) is 7.85. The Bertz CT molecular complexity index is 642. The molecule has 1 aliphatic carbocycles. The second-order valence-electron chi connectivity index (χ2n) is 5.93. The zero-order valence-electron chi connectivity index (χ0n) is 13.3.